The molecule has 1 aliphatic carbocycles. The van der Waals surface area contributed by atoms with Crippen LogP contribution in [-0.4, -0.2) is 23.1 Å². The molecule has 2 rings (SSSR count). The smallest absolute Gasteiger partial charge is 0.200 e. The van der Waals surface area contributed by atoms with E-state index in [1.807, 2.05) is 0 Å². The first kappa shape index (κ1) is 9.52. The van der Waals surface area contributed by atoms with Crippen molar-refractivity contribution in [1.82, 2.24) is 9.97 Å². The molecule has 1 aromatic rings. The number of nitrogens with zero attached hydrogens (tertiary/aromatic N) is 1. The molecule has 0 aromatic carbocycles. The second-order valence-electron chi connectivity index (χ2n) is 3.79. The zero-order chi connectivity index (χ0) is 9.80. The number of hydrogen-bond acceptors (Lipinski definition) is 3. The SMILES string of the molecule is NCCCNc1nc2c([nH]1)CCCC2. The zero-order valence-corrected chi connectivity index (χ0v) is 8.47. The van der Waals surface area contributed by atoms with Gasteiger partial charge in [0.1, 0.15) is 0 Å². The van der Waals surface area contributed by atoms with E-state index in [2.05, 4.69) is 15.3 Å². The summed E-state index contributed by atoms with van der Waals surface area (Å²) in [5.74, 6) is 0.922. The quantitative estimate of drug-likeness (QED) is 0.628. The van der Waals surface area contributed by atoms with Gasteiger partial charge in [-0.15, -0.1) is 0 Å². The van der Waals surface area contributed by atoms with Gasteiger partial charge in [-0.1, -0.05) is 0 Å². The van der Waals surface area contributed by atoms with Crippen molar-refractivity contribution in [2.75, 3.05) is 18.4 Å². The highest BCUT2D eigenvalue weighted by atomic mass is 15.1. The third-order valence-electron chi connectivity index (χ3n) is 2.63. The normalized spacial score (nSPS) is 15.2. The fraction of sp³-hybridized carbons (Fsp3) is 0.700. The number of aryl methyl sites for hydroxylation is 2. The number of anilines is 1. The Balaban J connectivity index is 1.94. The molecule has 0 atom stereocenters. The number of aromatic nitrogens is 2. The van der Waals surface area contributed by atoms with Gasteiger partial charge < -0.3 is 16.0 Å². The Kier molecular flexibility index (Phi) is 3.03. The number of aromatic amines is 1. The molecule has 4 N–H and O–H groups in total. The summed E-state index contributed by atoms with van der Waals surface area (Å²) in [7, 11) is 0. The average Bonchev–Trinajstić information content (AvgIpc) is 2.60. The summed E-state index contributed by atoms with van der Waals surface area (Å²) in [5, 5.41) is 3.26. The average molecular weight is 194 g/mol. The van der Waals surface area contributed by atoms with Gasteiger partial charge in [0, 0.05) is 12.2 Å². The molecule has 0 saturated carbocycles. The molecule has 0 bridgehead atoms. The zero-order valence-electron chi connectivity index (χ0n) is 8.47. The Hall–Kier alpha value is -1.03. The van der Waals surface area contributed by atoms with Gasteiger partial charge in [0.25, 0.3) is 0 Å². The Morgan fingerprint density at radius 2 is 2.21 bits per heavy atom. The molecule has 4 nitrogen and oxygen atoms in total. The maximum atomic E-state index is 5.42. The molecule has 0 fully saturated rings. The molecule has 78 valence electrons. The van der Waals surface area contributed by atoms with Gasteiger partial charge in [0.05, 0.1) is 5.69 Å². The summed E-state index contributed by atoms with van der Waals surface area (Å²) in [5.41, 5.74) is 8.00. The molecule has 1 heterocycles. The summed E-state index contributed by atoms with van der Waals surface area (Å²) in [6.45, 7) is 1.64. The van der Waals surface area contributed by atoms with Crippen molar-refractivity contribution in [2.45, 2.75) is 32.1 Å². The predicted molar refractivity (Wildman–Crippen MR) is 57.4 cm³/mol. The van der Waals surface area contributed by atoms with Crippen molar-refractivity contribution >= 4 is 5.95 Å². The van der Waals surface area contributed by atoms with Crippen molar-refractivity contribution < 1.29 is 0 Å². The van der Waals surface area contributed by atoms with Gasteiger partial charge in [-0.25, -0.2) is 4.98 Å². The fourth-order valence-corrected chi connectivity index (χ4v) is 1.85. The number of nitrogens with two attached hydrogens (primary N) is 1. The van der Waals surface area contributed by atoms with Crippen molar-refractivity contribution in [1.29, 1.82) is 0 Å². The first-order valence-electron chi connectivity index (χ1n) is 5.42. The molecular formula is C10H18N4. The predicted octanol–water partition coefficient (Wildman–Crippen LogP) is 1.05. The lowest BCUT2D eigenvalue weighted by Crippen LogP contribution is -2.09. The van der Waals surface area contributed by atoms with Gasteiger partial charge in [0.15, 0.2) is 0 Å². The minimum Gasteiger partial charge on any atom is -0.356 e. The highest BCUT2D eigenvalue weighted by molar-refractivity contribution is 5.32. The number of rotatable bonds is 4. The summed E-state index contributed by atoms with van der Waals surface area (Å²) in [6, 6.07) is 0. The van der Waals surface area contributed by atoms with Gasteiger partial charge in [-0.2, -0.15) is 0 Å². The van der Waals surface area contributed by atoms with Crippen molar-refractivity contribution in [2.24, 2.45) is 5.73 Å². The molecule has 0 unspecified atom stereocenters. The van der Waals surface area contributed by atoms with Crippen LogP contribution in [0.5, 0.6) is 0 Å². The van der Waals surface area contributed by atoms with E-state index in [9.17, 15) is 0 Å². The molecule has 0 saturated heterocycles. The van der Waals surface area contributed by atoms with Gasteiger partial charge in [-0.05, 0) is 38.6 Å². The fourth-order valence-electron chi connectivity index (χ4n) is 1.85. The number of H-pyrrole nitrogens is 1. The largest absolute Gasteiger partial charge is 0.356 e. The maximum Gasteiger partial charge on any atom is 0.200 e. The Bertz CT molecular complexity index is 269. The van der Waals surface area contributed by atoms with Crippen LogP contribution < -0.4 is 11.1 Å². The Labute approximate surface area is 84.3 Å². The number of hydrogen-bond donors (Lipinski definition) is 3. The first-order valence-corrected chi connectivity index (χ1v) is 5.42. The van der Waals surface area contributed by atoms with Gasteiger partial charge >= 0.3 is 0 Å². The second-order valence-corrected chi connectivity index (χ2v) is 3.79. The molecule has 0 aliphatic heterocycles. The van der Waals surface area contributed by atoms with E-state index < -0.39 is 0 Å². The lowest BCUT2D eigenvalue weighted by atomic mass is 10.0. The molecule has 0 radical (unpaired) electrons. The Morgan fingerprint density at radius 3 is 3.00 bits per heavy atom. The van der Waals surface area contributed by atoms with Crippen molar-refractivity contribution in [3.63, 3.8) is 0 Å². The molecule has 0 amide bonds. The van der Waals surface area contributed by atoms with Crippen LogP contribution in [0.25, 0.3) is 0 Å². The van der Waals surface area contributed by atoms with E-state index in [-0.39, 0.29) is 0 Å². The summed E-state index contributed by atoms with van der Waals surface area (Å²) >= 11 is 0. The molecule has 0 spiro atoms. The minimum atomic E-state index is 0.730. The van der Waals surface area contributed by atoms with Crippen LogP contribution in [0.15, 0.2) is 0 Å². The van der Waals surface area contributed by atoms with E-state index in [1.165, 1.54) is 24.2 Å². The molecule has 4 heteroatoms. The number of nitrogens with one attached hydrogen (secondary N) is 2. The van der Waals surface area contributed by atoms with Crippen LogP contribution in [0.1, 0.15) is 30.7 Å². The van der Waals surface area contributed by atoms with Crippen LogP contribution in [0.4, 0.5) is 5.95 Å². The second kappa shape index (κ2) is 4.46. The number of imidazole rings is 1. The highest BCUT2D eigenvalue weighted by Crippen LogP contribution is 2.20. The third kappa shape index (κ3) is 2.07. The van der Waals surface area contributed by atoms with E-state index in [0.717, 1.165) is 38.3 Å². The van der Waals surface area contributed by atoms with Crippen molar-refractivity contribution in [3.05, 3.63) is 11.4 Å². The molecule has 1 aromatic heterocycles. The van der Waals surface area contributed by atoms with Crippen LogP contribution in [0.2, 0.25) is 0 Å². The summed E-state index contributed by atoms with van der Waals surface area (Å²) in [6.07, 6.45) is 5.84. The molecule has 14 heavy (non-hydrogen) atoms. The molecule has 1 aliphatic rings. The summed E-state index contributed by atoms with van der Waals surface area (Å²) < 4.78 is 0. The van der Waals surface area contributed by atoms with Gasteiger partial charge in [0.2, 0.25) is 5.95 Å². The lowest BCUT2D eigenvalue weighted by molar-refractivity contribution is 0.667. The van der Waals surface area contributed by atoms with Crippen LogP contribution in [0.3, 0.4) is 0 Å². The van der Waals surface area contributed by atoms with E-state index in [0.29, 0.717) is 0 Å². The maximum absolute atomic E-state index is 5.42. The van der Waals surface area contributed by atoms with Crippen LogP contribution in [-0.2, 0) is 12.8 Å². The van der Waals surface area contributed by atoms with E-state index >= 15 is 0 Å². The van der Waals surface area contributed by atoms with Gasteiger partial charge in [-0.3, -0.25) is 0 Å². The topological polar surface area (TPSA) is 66.7 Å². The number of fused-ring (bicyclic) bond motifs is 1. The molecular weight excluding hydrogens is 176 g/mol. The first-order chi connectivity index (χ1) is 6.90. The van der Waals surface area contributed by atoms with E-state index in [4.69, 9.17) is 5.73 Å². The monoisotopic (exact) mass is 194 g/mol. The minimum absolute atomic E-state index is 0.730. The van der Waals surface area contributed by atoms with Crippen molar-refractivity contribution in [3.8, 4) is 0 Å². The summed E-state index contributed by atoms with van der Waals surface area (Å²) in [4.78, 5) is 7.84. The lowest BCUT2D eigenvalue weighted by Gasteiger charge is -2.07. The highest BCUT2D eigenvalue weighted by Gasteiger charge is 2.13. The standard InChI is InChI=1S/C10H18N4/c11-6-3-7-12-10-13-8-4-1-2-5-9(8)14-10/h1-7,11H2,(H2,12,13,14). The third-order valence-corrected chi connectivity index (χ3v) is 2.63. The van der Waals surface area contributed by atoms with E-state index in [1.54, 1.807) is 0 Å². The van der Waals surface area contributed by atoms with Crippen LogP contribution in [0, 0.1) is 0 Å². The van der Waals surface area contributed by atoms with Crippen LogP contribution >= 0.6 is 0 Å². The Morgan fingerprint density at radius 1 is 1.36 bits per heavy atom.